The normalized spacial score (nSPS) is 18.6. The summed E-state index contributed by atoms with van der Waals surface area (Å²) in [5.41, 5.74) is 0. The number of nitrogens with zero attached hydrogens (tertiary/aromatic N) is 1. The highest BCUT2D eigenvalue weighted by Crippen LogP contribution is 2.25. The van der Waals surface area contributed by atoms with E-state index in [1.165, 1.54) is 4.31 Å². The molecule has 0 unspecified atom stereocenters. The van der Waals surface area contributed by atoms with Crippen molar-refractivity contribution in [3.05, 3.63) is 51.1 Å². The van der Waals surface area contributed by atoms with Crippen molar-refractivity contribution < 1.29 is 13.2 Å². The minimum absolute atomic E-state index is 0.0168. The van der Waals surface area contributed by atoms with Crippen molar-refractivity contribution >= 4 is 37.3 Å². The molecule has 1 aliphatic rings. The van der Waals surface area contributed by atoms with Gasteiger partial charge in [0.05, 0.1) is 11.0 Å². The standard InChI is InChI=1S/C16H18BrNO3S2/c17-13-4-1-7-16(10-13)23(19,20)18(11-14-5-2-8-21-14)12-15-6-3-9-22-15/h1,3-4,6-7,9-10,14H,2,5,8,11-12H2/t14-/m1/s1. The van der Waals surface area contributed by atoms with Gasteiger partial charge in [0.15, 0.2) is 0 Å². The van der Waals surface area contributed by atoms with Gasteiger partial charge in [-0.3, -0.25) is 0 Å². The van der Waals surface area contributed by atoms with Crippen LogP contribution in [0.3, 0.4) is 0 Å². The first-order valence-corrected chi connectivity index (χ1v) is 10.6. The first-order chi connectivity index (χ1) is 11.1. The van der Waals surface area contributed by atoms with Gasteiger partial charge in [0, 0.05) is 29.0 Å². The van der Waals surface area contributed by atoms with Crippen LogP contribution in [0.25, 0.3) is 0 Å². The Hall–Kier alpha value is -0.730. The average Bonchev–Trinajstić information content (AvgIpc) is 3.20. The number of halogens is 1. The fourth-order valence-electron chi connectivity index (χ4n) is 2.62. The molecule has 1 atom stereocenters. The summed E-state index contributed by atoms with van der Waals surface area (Å²) < 4.78 is 34.0. The quantitative estimate of drug-likeness (QED) is 0.718. The first-order valence-electron chi connectivity index (χ1n) is 7.45. The monoisotopic (exact) mass is 415 g/mol. The van der Waals surface area contributed by atoms with Crippen LogP contribution in [0, 0.1) is 0 Å². The average molecular weight is 416 g/mol. The first kappa shape index (κ1) is 17.1. The fourth-order valence-corrected chi connectivity index (χ4v) is 5.46. The Morgan fingerprint density at radius 1 is 1.30 bits per heavy atom. The van der Waals surface area contributed by atoms with Crippen LogP contribution in [-0.4, -0.2) is 32.0 Å². The highest BCUT2D eigenvalue weighted by atomic mass is 79.9. The van der Waals surface area contributed by atoms with E-state index in [2.05, 4.69) is 15.9 Å². The van der Waals surface area contributed by atoms with Gasteiger partial charge in [0.1, 0.15) is 0 Å². The van der Waals surface area contributed by atoms with E-state index < -0.39 is 10.0 Å². The minimum atomic E-state index is -3.56. The second-order valence-corrected chi connectivity index (χ2v) is 9.36. The van der Waals surface area contributed by atoms with Gasteiger partial charge >= 0.3 is 0 Å². The van der Waals surface area contributed by atoms with E-state index in [1.807, 2.05) is 23.6 Å². The summed E-state index contributed by atoms with van der Waals surface area (Å²) in [6.45, 7) is 1.49. The van der Waals surface area contributed by atoms with E-state index in [-0.39, 0.29) is 6.10 Å². The van der Waals surface area contributed by atoms with Gasteiger partial charge < -0.3 is 4.74 Å². The van der Waals surface area contributed by atoms with Gasteiger partial charge in [-0.05, 0) is 42.5 Å². The molecule has 2 aromatic rings. The molecule has 7 heteroatoms. The third-order valence-electron chi connectivity index (χ3n) is 3.78. The van der Waals surface area contributed by atoms with Crippen molar-refractivity contribution in [3.8, 4) is 0 Å². The Morgan fingerprint density at radius 3 is 2.83 bits per heavy atom. The lowest BCUT2D eigenvalue weighted by Crippen LogP contribution is -2.36. The van der Waals surface area contributed by atoms with Gasteiger partial charge in [-0.2, -0.15) is 4.31 Å². The molecule has 0 spiro atoms. The third-order valence-corrected chi connectivity index (χ3v) is 6.94. The molecule has 23 heavy (non-hydrogen) atoms. The molecular weight excluding hydrogens is 398 g/mol. The van der Waals surface area contributed by atoms with Crippen molar-refractivity contribution in [2.24, 2.45) is 0 Å². The van der Waals surface area contributed by atoms with Crippen LogP contribution in [0.5, 0.6) is 0 Å². The number of thiophene rings is 1. The third kappa shape index (κ3) is 4.22. The fraction of sp³-hybridized carbons (Fsp3) is 0.375. The second-order valence-electron chi connectivity index (χ2n) is 5.47. The van der Waals surface area contributed by atoms with Gasteiger partial charge in [-0.15, -0.1) is 11.3 Å². The SMILES string of the molecule is O=S(=O)(c1cccc(Br)c1)N(Cc1cccs1)C[C@H]1CCCO1. The molecular formula is C16H18BrNO3S2. The summed E-state index contributed by atoms with van der Waals surface area (Å²) >= 11 is 4.91. The van der Waals surface area contributed by atoms with Crippen LogP contribution >= 0.6 is 27.3 Å². The molecule has 1 aliphatic heterocycles. The molecule has 0 aliphatic carbocycles. The van der Waals surface area contributed by atoms with E-state index >= 15 is 0 Å². The minimum Gasteiger partial charge on any atom is -0.377 e. The maximum atomic E-state index is 13.1. The molecule has 0 amide bonds. The summed E-state index contributed by atoms with van der Waals surface area (Å²) in [5.74, 6) is 0. The number of sulfonamides is 1. The van der Waals surface area contributed by atoms with E-state index in [0.717, 1.165) is 22.2 Å². The number of rotatable bonds is 6. The number of ether oxygens (including phenoxy) is 1. The maximum absolute atomic E-state index is 13.1. The Balaban J connectivity index is 1.88. The smallest absolute Gasteiger partial charge is 0.243 e. The number of hydrogen-bond acceptors (Lipinski definition) is 4. The molecule has 3 rings (SSSR count). The van der Waals surface area contributed by atoms with Gasteiger partial charge in [0.25, 0.3) is 0 Å². The second kappa shape index (κ2) is 7.44. The van der Waals surface area contributed by atoms with Gasteiger partial charge in [-0.1, -0.05) is 28.1 Å². The topological polar surface area (TPSA) is 46.6 Å². The van der Waals surface area contributed by atoms with Gasteiger partial charge in [-0.25, -0.2) is 8.42 Å². The van der Waals surface area contributed by atoms with E-state index in [9.17, 15) is 8.42 Å². The summed E-state index contributed by atoms with van der Waals surface area (Å²) in [5, 5.41) is 1.96. The van der Waals surface area contributed by atoms with Crippen LogP contribution in [0.1, 0.15) is 17.7 Å². The predicted octanol–water partition coefficient (Wildman–Crippen LogP) is 3.88. The predicted molar refractivity (Wildman–Crippen MR) is 95.0 cm³/mol. The molecule has 0 saturated carbocycles. The Bertz CT molecular complexity index is 740. The van der Waals surface area contributed by atoms with Crippen LogP contribution in [0.4, 0.5) is 0 Å². The molecule has 1 fully saturated rings. The lowest BCUT2D eigenvalue weighted by Gasteiger charge is -2.24. The molecule has 2 heterocycles. The lowest BCUT2D eigenvalue weighted by molar-refractivity contribution is 0.0927. The zero-order valence-electron chi connectivity index (χ0n) is 12.5. The molecule has 1 saturated heterocycles. The summed E-state index contributed by atoms with van der Waals surface area (Å²) in [4.78, 5) is 1.34. The van der Waals surface area contributed by atoms with E-state index in [4.69, 9.17) is 4.74 Å². The van der Waals surface area contributed by atoms with Crippen molar-refractivity contribution in [2.75, 3.05) is 13.2 Å². The van der Waals surface area contributed by atoms with Crippen molar-refractivity contribution in [1.82, 2.24) is 4.31 Å². The Morgan fingerprint density at radius 2 is 2.17 bits per heavy atom. The summed E-state index contributed by atoms with van der Waals surface area (Å²) in [7, 11) is -3.56. The molecule has 4 nitrogen and oxygen atoms in total. The highest BCUT2D eigenvalue weighted by Gasteiger charge is 2.29. The Labute approximate surface area is 149 Å². The summed E-state index contributed by atoms with van der Waals surface area (Å²) in [6.07, 6.45) is 1.89. The van der Waals surface area contributed by atoms with Crippen molar-refractivity contribution in [2.45, 2.75) is 30.4 Å². The van der Waals surface area contributed by atoms with Crippen LogP contribution in [0.2, 0.25) is 0 Å². The number of benzene rings is 1. The summed E-state index contributed by atoms with van der Waals surface area (Å²) in [6, 6.07) is 10.7. The van der Waals surface area contributed by atoms with Crippen LogP contribution < -0.4 is 0 Å². The molecule has 124 valence electrons. The number of hydrogen-bond donors (Lipinski definition) is 0. The zero-order chi connectivity index (χ0) is 16.3. The zero-order valence-corrected chi connectivity index (χ0v) is 15.7. The lowest BCUT2D eigenvalue weighted by atomic mass is 10.2. The van der Waals surface area contributed by atoms with Gasteiger partial charge in [0.2, 0.25) is 10.0 Å². The molecule has 0 bridgehead atoms. The van der Waals surface area contributed by atoms with Crippen molar-refractivity contribution in [1.29, 1.82) is 0 Å². The molecule has 0 radical (unpaired) electrons. The van der Waals surface area contributed by atoms with Crippen molar-refractivity contribution in [3.63, 3.8) is 0 Å². The van der Waals surface area contributed by atoms with E-state index in [1.54, 1.807) is 29.5 Å². The molecule has 1 aromatic carbocycles. The highest BCUT2D eigenvalue weighted by molar-refractivity contribution is 9.10. The Kier molecular flexibility index (Phi) is 5.53. The molecule has 0 N–H and O–H groups in total. The van der Waals surface area contributed by atoms with Crippen LogP contribution in [-0.2, 0) is 21.3 Å². The largest absolute Gasteiger partial charge is 0.377 e. The maximum Gasteiger partial charge on any atom is 0.243 e. The molecule has 1 aromatic heterocycles. The van der Waals surface area contributed by atoms with Crippen LogP contribution in [0.15, 0.2) is 51.1 Å². The van der Waals surface area contributed by atoms with E-state index in [0.29, 0.717) is 24.6 Å².